The third-order valence-electron chi connectivity index (χ3n) is 2.15. The molecule has 1 aromatic heterocycles. The number of aromatic nitrogens is 1. The molecule has 1 aromatic carbocycles. The second-order valence-corrected chi connectivity index (χ2v) is 4.51. The largest absolute Gasteiger partial charge is 0.487 e. The number of ether oxygens (including phenoxy) is 1. The maximum Gasteiger partial charge on any atom is 0.138 e. The van der Waals surface area contributed by atoms with Crippen molar-refractivity contribution in [2.24, 2.45) is 0 Å². The highest BCUT2D eigenvalue weighted by molar-refractivity contribution is 6.35. The van der Waals surface area contributed by atoms with Gasteiger partial charge in [0, 0.05) is 15.6 Å². The highest BCUT2D eigenvalue weighted by atomic mass is 35.5. The van der Waals surface area contributed by atoms with Gasteiger partial charge in [0.25, 0.3) is 0 Å². The first-order valence-electron chi connectivity index (χ1n) is 4.84. The molecule has 0 saturated carbocycles. The maximum absolute atomic E-state index is 6.02. The Balaban J connectivity index is 2.10. The molecule has 5 heteroatoms. The highest BCUT2D eigenvalue weighted by Gasteiger charge is 2.06. The monoisotopic (exact) mass is 287 g/mol. The molecule has 1 heterocycles. The summed E-state index contributed by atoms with van der Waals surface area (Å²) < 4.78 is 5.52. The van der Waals surface area contributed by atoms with Crippen molar-refractivity contribution >= 4 is 34.8 Å². The van der Waals surface area contributed by atoms with E-state index in [2.05, 4.69) is 4.98 Å². The second kappa shape index (κ2) is 5.58. The molecular weight excluding hydrogens is 280 g/mol. The zero-order chi connectivity index (χ0) is 12.3. The Morgan fingerprint density at radius 3 is 2.29 bits per heavy atom. The second-order valence-electron chi connectivity index (χ2n) is 3.31. The summed E-state index contributed by atoms with van der Waals surface area (Å²) in [7, 11) is 0. The lowest BCUT2D eigenvalue weighted by molar-refractivity contribution is 0.305. The minimum atomic E-state index is 0.293. The van der Waals surface area contributed by atoms with Crippen LogP contribution >= 0.6 is 34.8 Å². The van der Waals surface area contributed by atoms with Gasteiger partial charge in [-0.2, -0.15) is 0 Å². The molecule has 0 amide bonds. The van der Waals surface area contributed by atoms with Crippen LogP contribution in [0.2, 0.25) is 15.2 Å². The van der Waals surface area contributed by atoms with Crippen molar-refractivity contribution < 1.29 is 4.74 Å². The highest BCUT2D eigenvalue weighted by Crippen LogP contribution is 2.25. The molecule has 17 heavy (non-hydrogen) atoms. The van der Waals surface area contributed by atoms with Crippen molar-refractivity contribution in [1.29, 1.82) is 0 Å². The molecule has 0 bridgehead atoms. The van der Waals surface area contributed by atoms with E-state index in [1.54, 1.807) is 36.5 Å². The van der Waals surface area contributed by atoms with Crippen molar-refractivity contribution in [2.45, 2.75) is 6.61 Å². The van der Waals surface area contributed by atoms with Crippen LogP contribution in [0.5, 0.6) is 5.75 Å². The smallest absolute Gasteiger partial charge is 0.138 e. The third-order valence-corrected chi connectivity index (χ3v) is 3.08. The summed E-state index contributed by atoms with van der Waals surface area (Å²) in [5.74, 6) is 0.616. The molecule has 0 N–H and O–H groups in total. The van der Waals surface area contributed by atoms with Gasteiger partial charge in [-0.1, -0.05) is 40.9 Å². The molecule has 0 aliphatic rings. The number of hydrogen-bond acceptors (Lipinski definition) is 2. The van der Waals surface area contributed by atoms with Crippen LogP contribution in [0.3, 0.4) is 0 Å². The van der Waals surface area contributed by atoms with Crippen molar-refractivity contribution in [3.8, 4) is 5.75 Å². The van der Waals surface area contributed by atoms with E-state index in [0.29, 0.717) is 27.6 Å². The molecule has 0 spiro atoms. The molecule has 0 aliphatic heterocycles. The summed E-state index contributed by atoms with van der Waals surface area (Å²) in [6, 6.07) is 8.72. The number of benzene rings is 1. The molecule has 0 aliphatic carbocycles. The van der Waals surface area contributed by atoms with E-state index >= 15 is 0 Å². The van der Waals surface area contributed by atoms with Gasteiger partial charge in [0.1, 0.15) is 17.5 Å². The Morgan fingerprint density at radius 1 is 1.00 bits per heavy atom. The van der Waals surface area contributed by atoms with E-state index < -0.39 is 0 Å². The van der Waals surface area contributed by atoms with Crippen molar-refractivity contribution in [1.82, 2.24) is 4.98 Å². The lowest BCUT2D eigenvalue weighted by Gasteiger charge is -2.08. The number of pyridine rings is 1. The third kappa shape index (κ3) is 3.25. The molecule has 0 radical (unpaired) electrons. The Morgan fingerprint density at radius 2 is 1.71 bits per heavy atom. The SMILES string of the molecule is Clc1ccc(OCc2c(Cl)cccc2Cl)cn1. The van der Waals surface area contributed by atoms with Gasteiger partial charge >= 0.3 is 0 Å². The predicted octanol–water partition coefficient (Wildman–Crippen LogP) is 4.62. The molecule has 88 valence electrons. The van der Waals surface area contributed by atoms with Crippen LogP contribution in [-0.2, 0) is 6.61 Å². The van der Waals surface area contributed by atoms with Crippen LogP contribution in [0.1, 0.15) is 5.56 Å². The quantitative estimate of drug-likeness (QED) is 0.769. The van der Waals surface area contributed by atoms with E-state index in [4.69, 9.17) is 39.5 Å². The molecule has 0 saturated heterocycles. The summed E-state index contributed by atoms with van der Waals surface area (Å²) >= 11 is 17.7. The van der Waals surface area contributed by atoms with E-state index in [1.165, 1.54) is 0 Å². The predicted molar refractivity (Wildman–Crippen MR) is 70.0 cm³/mol. The van der Waals surface area contributed by atoms with Gasteiger partial charge in [-0.05, 0) is 24.3 Å². The number of halogens is 3. The zero-order valence-electron chi connectivity index (χ0n) is 8.66. The van der Waals surface area contributed by atoms with Crippen molar-refractivity contribution in [2.75, 3.05) is 0 Å². The van der Waals surface area contributed by atoms with Crippen molar-refractivity contribution in [3.05, 3.63) is 57.3 Å². The van der Waals surface area contributed by atoms with E-state index in [-0.39, 0.29) is 0 Å². The Bertz CT molecular complexity index is 493. The van der Waals surface area contributed by atoms with Gasteiger partial charge < -0.3 is 4.74 Å². The van der Waals surface area contributed by atoms with E-state index in [0.717, 1.165) is 5.56 Å². The minimum Gasteiger partial charge on any atom is -0.487 e. The molecule has 2 nitrogen and oxygen atoms in total. The number of nitrogens with zero attached hydrogens (tertiary/aromatic N) is 1. The van der Waals surface area contributed by atoms with Crippen LogP contribution < -0.4 is 4.74 Å². The fourth-order valence-corrected chi connectivity index (χ4v) is 1.89. The lowest BCUT2D eigenvalue weighted by Crippen LogP contribution is -1.97. The Kier molecular flexibility index (Phi) is 4.11. The molecule has 2 aromatic rings. The first-order chi connectivity index (χ1) is 8.16. The molecule has 0 fully saturated rings. The van der Waals surface area contributed by atoms with Crippen molar-refractivity contribution in [3.63, 3.8) is 0 Å². The van der Waals surface area contributed by atoms with E-state index in [9.17, 15) is 0 Å². The fraction of sp³-hybridized carbons (Fsp3) is 0.0833. The molecule has 2 rings (SSSR count). The summed E-state index contributed by atoms with van der Waals surface area (Å²) in [4.78, 5) is 3.91. The Labute approximate surface area is 114 Å². The topological polar surface area (TPSA) is 22.1 Å². The van der Waals surface area contributed by atoms with Crippen LogP contribution in [0.4, 0.5) is 0 Å². The molecule has 0 atom stereocenters. The molecular formula is C12H8Cl3NO. The normalized spacial score (nSPS) is 10.3. The van der Waals surface area contributed by atoms with E-state index in [1.807, 2.05) is 0 Å². The van der Waals surface area contributed by atoms with Gasteiger partial charge in [0.15, 0.2) is 0 Å². The average molecular weight is 289 g/mol. The van der Waals surface area contributed by atoms with Gasteiger partial charge in [-0.15, -0.1) is 0 Å². The minimum absolute atomic E-state index is 0.293. The number of hydrogen-bond donors (Lipinski definition) is 0. The van der Waals surface area contributed by atoms with Gasteiger partial charge in [0.2, 0.25) is 0 Å². The summed E-state index contributed by atoms with van der Waals surface area (Å²) in [5, 5.41) is 1.59. The summed E-state index contributed by atoms with van der Waals surface area (Å²) in [6.07, 6.45) is 1.55. The molecule has 0 unspecified atom stereocenters. The maximum atomic E-state index is 6.02. The zero-order valence-corrected chi connectivity index (χ0v) is 10.9. The van der Waals surface area contributed by atoms with Crippen LogP contribution in [-0.4, -0.2) is 4.98 Å². The van der Waals surface area contributed by atoms with Gasteiger partial charge in [-0.3, -0.25) is 0 Å². The first-order valence-corrected chi connectivity index (χ1v) is 5.97. The summed E-state index contributed by atoms with van der Waals surface area (Å²) in [6.45, 7) is 0.293. The van der Waals surface area contributed by atoms with Crippen LogP contribution in [0.25, 0.3) is 0 Å². The van der Waals surface area contributed by atoms with Crippen LogP contribution in [0, 0.1) is 0 Å². The summed E-state index contributed by atoms with van der Waals surface area (Å²) in [5.41, 5.74) is 0.755. The van der Waals surface area contributed by atoms with Crippen LogP contribution in [0.15, 0.2) is 36.5 Å². The Hall–Kier alpha value is -0.960. The standard InChI is InChI=1S/C12H8Cl3NO/c13-10-2-1-3-11(14)9(10)7-17-8-4-5-12(15)16-6-8/h1-6H,7H2. The first kappa shape index (κ1) is 12.5. The van der Waals surface area contributed by atoms with Gasteiger partial charge in [-0.25, -0.2) is 4.98 Å². The number of rotatable bonds is 3. The average Bonchev–Trinajstić information content (AvgIpc) is 2.31. The fourth-order valence-electron chi connectivity index (χ4n) is 1.27. The lowest BCUT2D eigenvalue weighted by atomic mass is 10.2. The van der Waals surface area contributed by atoms with Gasteiger partial charge in [0.05, 0.1) is 6.20 Å².